The Morgan fingerprint density at radius 1 is 1.04 bits per heavy atom. The van der Waals surface area contributed by atoms with Crippen LogP contribution in [0.25, 0.3) is 11.3 Å². The molecule has 0 unspecified atom stereocenters. The molecule has 2 heterocycles. The summed E-state index contributed by atoms with van der Waals surface area (Å²) in [4.78, 5) is 21.4. The number of furan rings is 1. The molecule has 0 atom stereocenters. The maximum Gasteiger partial charge on any atom is 0.371 e. The van der Waals surface area contributed by atoms with Gasteiger partial charge in [0.2, 0.25) is 5.76 Å². The second-order valence-electron chi connectivity index (χ2n) is 5.32. The summed E-state index contributed by atoms with van der Waals surface area (Å²) >= 11 is 0. The maximum absolute atomic E-state index is 10.8. The van der Waals surface area contributed by atoms with Crippen LogP contribution in [-0.4, -0.2) is 17.0 Å². The van der Waals surface area contributed by atoms with E-state index in [-0.39, 0.29) is 11.7 Å². The lowest BCUT2D eigenvalue weighted by Gasteiger charge is -2.00. The van der Waals surface area contributed by atoms with E-state index in [1.54, 1.807) is 12.1 Å². The van der Waals surface area contributed by atoms with Crippen LogP contribution in [0.4, 0.5) is 5.69 Å². The maximum atomic E-state index is 10.8. The molecule has 0 saturated carbocycles. The standard InChI is InChI=1S/C12H10O3.C7H5NO/c1-8-4-2-3-5-9(8)10-6-7-11(15-10)12(13)14;9-7-5-2-1-3-6(4-5)8-7/h2-7H,1H3,(H,13,14);1-4H,(H,8,9). The van der Waals surface area contributed by atoms with Crippen LogP contribution in [-0.2, 0) is 0 Å². The van der Waals surface area contributed by atoms with E-state index in [1.165, 1.54) is 6.07 Å². The number of aryl methyl sites for hydroxylation is 1. The van der Waals surface area contributed by atoms with Crippen LogP contribution >= 0.6 is 0 Å². The average molecular weight is 321 g/mol. The molecule has 2 bridgehead atoms. The summed E-state index contributed by atoms with van der Waals surface area (Å²) in [6.07, 6.45) is 0. The number of carboxylic acids is 1. The van der Waals surface area contributed by atoms with Gasteiger partial charge in [0.1, 0.15) is 5.76 Å². The number of carbonyl (C=O) groups excluding carboxylic acids is 1. The number of anilines is 1. The number of benzene rings is 2. The highest BCUT2D eigenvalue weighted by Gasteiger charge is 2.12. The highest BCUT2D eigenvalue weighted by molar-refractivity contribution is 6.09. The van der Waals surface area contributed by atoms with Gasteiger partial charge >= 0.3 is 5.97 Å². The Bertz CT molecular complexity index is 911. The zero-order valence-electron chi connectivity index (χ0n) is 12.9. The lowest BCUT2D eigenvalue weighted by atomic mass is 10.1. The van der Waals surface area contributed by atoms with Crippen LogP contribution in [0.2, 0.25) is 0 Å². The molecular weight excluding hydrogens is 306 g/mol. The summed E-state index contributed by atoms with van der Waals surface area (Å²) in [5.41, 5.74) is 3.64. The van der Waals surface area contributed by atoms with Crippen LogP contribution in [0.3, 0.4) is 0 Å². The molecule has 0 radical (unpaired) electrons. The number of aromatic carboxylic acids is 1. The number of amides is 1. The molecule has 1 aliphatic rings. The van der Waals surface area contributed by atoms with Crippen molar-refractivity contribution in [2.45, 2.75) is 6.92 Å². The molecule has 1 aliphatic heterocycles. The molecule has 0 fully saturated rings. The van der Waals surface area contributed by atoms with Crippen molar-refractivity contribution in [3.63, 3.8) is 0 Å². The zero-order chi connectivity index (χ0) is 17.1. The first-order chi connectivity index (χ1) is 11.5. The molecule has 24 heavy (non-hydrogen) atoms. The van der Waals surface area contributed by atoms with Crippen LogP contribution < -0.4 is 5.32 Å². The highest BCUT2D eigenvalue weighted by Crippen LogP contribution is 2.25. The summed E-state index contributed by atoms with van der Waals surface area (Å²) in [5, 5.41) is 11.4. The second kappa shape index (κ2) is 6.42. The minimum Gasteiger partial charge on any atom is -0.475 e. The Morgan fingerprint density at radius 2 is 1.83 bits per heavy atom. The Labute approximate surface area is 138 Å². The van der Waals surface area contributed by atoms with Gasteiger partial charge in [-0.15, -0.1) is 0 Å². The SMILES string of the molecule is Cc1ccccc1-c1ccc(C(=O)O)o1.O=C1Nc2cccc1c2. The average Bonchev–Trinajstić information content (AvgIpc) is 3.14. The molecule has 1 amide bonds. The number of carbonyl (C=O) groups is 2. The predicted octanol–water partition coefficient (Wildman–Crippen LogP) is 4.21. The van der Waals surface area contributed by atoms with Crippen LogP contribution in [0, 0.1) is 6.92 Å². The molecule has 0 spiro atoms. The second-order valence-corrected chi connectivity index (χ2v) is 5.32. The molecule has 2 N–H and O–H groups in total. The van der Waals surface area contributed by atoms with E-state index >= 15 is 0 Å². The van der Waals surface area contributed by atoms with Crippen molar-refractivity contribution in [1.82, 2.24) is 0 Å². The summed E-state index contributed by atoms with van der Waals surface area (Å²) in [5.74, 6) is -0.483. The summed E-state index contributed by atoms with van der Waals surface area (Å²) in [6, 6.07) is 18.2. The Morgan fingerprint density at radius 3 is 2.46 bits per heavy atom. The smallest absolute Gasteiger partial charge is 0.371 e. The van der Waals surface area contributed by atoms with E-state index in [0.29, 0.717) is 5.76 Å². The third-order valence-electron chi connectivity index (χ3n) is 3.61. The number of hydrogen-bond donors (Lipinski definition) is 2. The zero-order valence-corrected chi connectivity index (χ0v) is 12.9. The van der Waals surface area contributed by atoms with Gasteiger partial charge in [-0.3, -0.25) is 4.79 Å². The van der Waals surface area contributed by atoms with Gasteiger partial charge in [0, 0.05) is 16.8 Å². The normalized spacial score (nSPS) is 11.5. The van der Waals surface area contributed by atoms with Crippen molar-refractivity contribution < 1.29 is 19.1 Å². The third-order valence-corrected chi connectivity index (χ3v) is 3.61. The van der Waals surface area contributed by atoms with Gasteiger partial charge in [-0.1, -0.05) is 30.3 Å². The first kappa shape index (κ1) is 15.6. The number of carboxylic acid groups (broad SMARTS) is 1. The van der Waals surface area contributed by atoms with E-state index < -0.39 is 5.97 Å². The molecule has 120 valence electrons. The Balaban J connectivity index is 0.000000159. The Kier molecular flexibility index (Phi) is 4.16. The molecular formula is C19H15NO4. The summed E-state index contributed by atoms with van der Waals surface area (Å²) in [6.45, 7) is 1.96. The van der Waals surface area contributed by atoms with Crippen molar-refractivity contribution in [1.29, 1.82) is 0 Å². The molecule has 4 rings (SSSR count). The van der Waals surface area contributed by atoms with E-state index in [4.69, 9.17) is 9.52 Å². The van der Waals surface area contributed by atoms with Crippen LogP contribution in [0.1, 0.15) is 26.5 Å². The first-order valence-corrected chi connectivity index (χ1v) is 7.35. The van der Waals surface area contributed by atoms with Crippen molar-refractivity contribution in [2.24, 2.45) is 0 Å². The van der Waals surface area contributed by atoms with Gasteiger partial charge in [-0.2, -0.15) is 0 Å². The minimum absolute atomic E-state index is 0.00926. The highest BCUT2D eigenvalue weighted by atomic mass is 16.4. The van der Waals surface area contributed by atoms with Crippen LogP contribution in [0.15, 0.2) is 65.1 Å². The molecule has 5 heteroatoms. The molecule has 0 aliphatic carbocycles. The Hall–Kier alpha value is -3.34. The van der Waals surface area contributed by atoms with Crippen molar-refractivity contribution in [3.05, 3.63) is 77.6 Å². The fourth-order valence-corrected chi connectivity index (χ4v) is 2.39. The number of nitrogens with one attached hydrogen (secondary N) is 1. The van der Waals surface area contributed by atoms with E-state index in [0.717, 1.165) is 22.4 Å². The minimum atomic E-state index is -1.05. The summed E-state index contributed by atoms with van der Waals surface area (Å²) in [7, 11) is 0. The third kappa shape index (κ3) is 3.20. The van der Waals surface area contributed by atoms with Gasteiger partial charge in [0.05, 0.1) is 0 Å². The first-order valence-electron chi connectivity index (χ1n) is 7.35. The summed E-state index contributed by atoms with van der Waals surface area (Å²) < 4.78 is 5.21. The van der Waals surface area contributed by atoms with Gasteiger partial charge in [-0.05, 0) is 42.8 Å². The van der Waals surface area contributed by atoms with Crippen molar-refractivity contribution >= 4 is 17.6 Å². The van der Waals surface area contributed by atoms with Crippen molar-refractivity contribution in [3.8, 4) is 11.3 Å². The van der Waals surface area contributed by atoms with Crippen LogP contribution in [0.5, 0.6) is 0 Å². The van der Waals surface area contributed by atoms with E-state index in [2.05, 4.69) is 5.32 Å². The topological polar surface area (TPSA) is 79.5 Å². The van der Waals surface area contributed by atoms with E-state index in [1.807, 2.05) is 49.4 Å². The molecule has 1 aromatic heterocycles. The molecule has 0 saturated heterocycles. The number of rotatable bonds is 2. The largest absolute Gasteiger partial charge is 0.475 e. The van der Waals surface area contributed by atoms with Gasteiger partial charge in [-0.25, -0.2) is 4.79 Å². The fraction of sp³-hybridized carbons (Fsp3) is 0.0526. The number of fused-ring (bicyclic) bond motifs is 2. The van der Waals surface area contributed by atoms with Gasteiger partial charge < -0.3 is 14.8 Å². The van der Waals surface area contributed by atoms with Crippen molar-refractivity contribution in [2.75, 3.05) is 5.32 Å². The predicted molar refractivity (Wildman–Crippen MR) is 90.2 cm³/mol. The fourth-order valence-electron chi connectivity index (χ4n) is 2.39. The molecule has 2 aromatic carbocycles. The van der Waals surface area contributed by atoms with Gasteiger partial charge in [0.25, 0.3) is 5.91 Å². The lowest BCUT2D eigenvalue weighted by molar-refractivity contribution is 0.0663. The monoisotopic (exact) mass is 321 g/mol. The molecule has 3 aromatic rings. The van der Waals surface area contributed by atoms with Gasteiger partial charge in [0.15, 0.2) is 0 Å². The molecule has 5 nitrogen and oxygen atoms in total. The lowest BCUT2D eigenvalue weighted by Crippen LogP contribution is -2.02. The number of hydrogen-bond acceptors (Lipinski definition) is 3. The quantitative estimate of drug-likeness (QED) is 0.741. The van der Waals surface area contributed by atoms with E-state index in [9.17, 15) is 9.59 Å².